The van der Waals surface area contributed by atoms with Crippen molar-refractivity contribution >= 4 is 34.0 Å². The molecular weight excluding hydrogens is 331 g/mol. The second-order valence-electron chi connectivity index (χ2n) is 4.40. The van der Waals surface area contributed by atoms with Gasteiger partial charge in [-0.1, -0.05) is 19.3 Å². The molecule has 0 aromatic heterocycles. The number of nitrogens with one attached hydrogen (secondary N) is 1. The molecule has 1 N–H and O–H groups in total. The average Bonchev–Trinajstić information content (AvgIpc) is 2.33. The molecule has 92 valence electrons. The van der Waals surface area contributed by atoms with Gasteiger partial charge in [0.25, 0.3) is 5.69 Å². The van der Waals surface area contributed by atoms with E-state index >= 15 is 0 Å². The van der Waals surface area contributed by atoms with Crippen LogP contribution in [0.15, 0.2) is 18.2 Å². The van der Waals surface area contributed by atoms with Gasteiger partial charge in [0.05, 0.1) is 4.92 Å². The second-order valence-corrected chi connectivity index (χ2v) is 5.56. The third-order valence-corrected chi connectivity index (χ3v) is 4.02. The van der Waals surface area contributed by atoms with Crippen molar-refractivity contribution in [3.8, 4) is 0 Å². The standard InChI is InChI=1S/C12H15IN2O2/c13-11-8-10(15(16)17)6-7-12(11)14-9-4-2-1-3-5-9/h6-9,14H,1-5H2. The maximum atomic E-state index is 10.6. The summed E-state index contributed by atoms with van der Waals surface area (Å²) in [5.41, 5.74) is 1.17. The third kappa shape index (κ3) is 3.31. The fraction of sp³-hybridized carbons (Fsp3) is 0.500. The first-order valence-corrected chi connectivity index (χ1v) is 6.95. The van der Waals surface area contributed by atoms with Gasteiger partial charge in [-0.15, -0.1) is 0 Å². The van der Waals surface area contributed by atoms with E-state index in [1.807, 2.05) is 6.07 Å². The molecule has 1 aromatic carbocycles. The van der Waals surface area contributed by atoms with Gasteiger partial charge >= 0.3 is 0 Å². The molecule has 0 saturated heterocycles. The van der Waals surface area contributed by atoms with Crippen molar-refractivity contribution in [3.05, 3.63) is 31.9 Å². The predicted octanol–water partition coefficient (Wildman–Crippen LogP) is 3.94. The summed E-state index contributed by atoms with van der Waals surface area (Å²) in [5, 5.41) is 14.1. The zero-order valence-electron chi connectivity index (χ0n) is 9.49. The van der Waals surface area contributed by atoms with E-state index in [2.05, 4.69) is 27.9 Å². The number of non-ortho nitro benzene ring substituents is 1. The van der Waals surface area contributed by atoms with Gasteiger partial charge in [0.2, 0.25) is 0 Å². The Bertz CT molecular complexity index is 417. The third-order valence-electron chi connectivity index (χ3n) is 3.13. The van der Waals surface area contributed by atoms with Crippen molar-refractivity contribution in [3.63, 3.8) is 0 Å². The molecular formula is C12H15IN2O2. The number of benzene rings is 1. The van der Waals surface area contributed by atoms with Crippen molar-refractivity contribution in [2.24, 2.45) is 0 Å². The van der Waals surface area contributed by atoms with Crippen molar-refractivity contribution in [2.75, 3.05) is 5.32 Å². The Morgan fingerprint density at radius 1 is 1.29 bits per heavy atom. The van der Waals surface area contributed by atoms with Crippen molar-refractivity contribution < 1.29 is 4.92 Å². The van der Waals surface area contributed by atoms with Crippen molar-refractivity contribution in [2.45, 2.75) is 38.1 Å². The van der Waals surface area contributed by atoms with Gasteiger partial charge < -0.3 is 5.32 Å². The minimum atomic E-state index is -0.355. The fourth-order valence-electron chi connectivity index (χ4n) is 2.20. The average molecular weight is 346 g/mol. The molecule has 1 aromatic rings. The van der Waals surface area contributed by atoms with Crippen LogP contribution in [-0.4, -0.2) is 11.0 Å². The maximum absolute atomic E-state index is 10.6. The summed E-state index contributed by atoms with van der Waals surface area (Å²) in [5.74, 6) is 0. The monoisotopic (exact) mass is 346 g/mol. The largest absolute Gasteiger partial charge is 0.381 e. The van der Waals surface area contributed by atoms with Gasteiger partial charge in [-0.2, -0.15) is 0 Å². The second kappa shape index (κ2) is 5.66. The Balaban J connectivity index is 2.08. The van der Waals surface area contributed by atoms with Gasteiger partial charge in [0, 0.05) is 27.4 Å². The topological polar surface area (TPSA) is 55.2 Å². The van der Waals surface area contributed by atoms with Gasteiger partial charge in [0.1, 0.15) is 0 Å². The summed E-state index contributed by atoms with van der Waals surface area (Å²) in [4.78, 5) is 10.3. The summed E-state index contributed by atoms with van der Waals surface area (Å²) in [6.07, 6.45) is 6.29. The zero-order chi connectivity index (χ0) is 12.3. The lowest BCUT2D eigenvalue weighted by Gasteiger charge is -2.24. The molecule has 0 aliphatic heterocycles. The lowest BCUT2D eigenvalue weighted by atomic mass is 9.95. The number of hydrogen-bond donors (Lipinski definition) is 1. The number of halogens is 1. The molecule has 0 spiro atoms. The van der Waals surface area contributed by atoms with Gasteiger partial charge in [-0.25, -0.2) is 0 Å². The highest BCUT2D eigenvalue weighted by Gasteiger charge is 2.15. The molecule has 4 nitrogen and oxygen atoms in total. The molecule has 0 heterocycles. The van der Waals surface area contributed by atoms with Gasteiger partial charge in [0.15, 0.2) is 0 Å². The summed E-state index contributed by atoms with van der Waals surface area (Å²) in [6.45, 7) is 0. The molecule has 0 unspecified atom stereocenters. The number of hydrogen-bond acceptors (Lipinski definition) is 3. The molecule has 2 rings (SSSR count). The zero-order valence-corrected chi connectivity index (χ0v) is 11.6. The van der Waals surface area contributed by atoms with E-state index in [9.17, 15) is 10.1 Å². The minimum Gasteiger partial charge on any atom is -0.381 e. The number of nitro benzene ring substituents is 1. The summed E-state index contributed by atoms with van der Waals surface area (Å²) < 4.78 is 0.919. The first kappa shape index (κ1) is 12.6. The van der Waals surface area contributed by atoms with Gasteiger partial charge in [-0.05, 0) is 41.5 Å². The highest BCUT2D eigenvalue weighted by molar-refractivity contribution is 14.1. The molecule has 17 heavy (non-hydrogen) atoms. The predicted molar refractivity (Wildman–Crippen MR) is 76.3 cm³/mol. The highest BCUT2D eigenvalue weighted by Crippen LogP contribution is 2.27. The smallest absolute Gasteiger partial charge is 0.270 e. The van der Waals surface area contributed by atoms with Crippen LogP contribution in [0.25, 0.3) is 0 Å². The van der Waals surface area contributed by atoms with Crippen LogP contribution in [-0.2, 0) is 0 Å². The Morgan fingerprint density at radius 2 is 2.00 bits per heavy atom. The normalized spacial score (nSPS) is 16.8. The van der Waals surface area contributed by atoms with Crippen LogP contribution >= 0.6 is 22.6 Å². The van der Waals surface area contributed by atoms with E-state index in [0.29, 0.717) is 6.04 Å². The molecule has 1 aliphatic carbocycles. The Labute approximate surface area is 114 Å². The van der Waals surface area contributed by atoms with E-state index in [-0.39, 0.29) is 10.6 Å². The van der Waals surface area contributed by atoms with Crippen LogP contribution < -0.4 is 5.32 Å². The Kier molecular flexibility index (Phi) is 4.20. The molecule has 0 amide bonds. The lowest BCUT2D eigenvalue weighted by molar-refractivity contribution is -0.384. The van der Waals surface area contributed by atoms with Crippen LogP contribution in [0, 0.1) is 13.7 Å². The molecule has 1 fully saturated rings. The van der Waals surface area contributed by atoms with Crippen LogP contribution in [0.1, 0.15) is 32.1 Å². The van der Waals surface area contributed by atoms with E-state index in [1.165, 1.54) is 32.1 Å². The van der Waals surface area contributed by atoms with Crippen molar-refractivity contribution in [1.29, 1.82) is 0 Å². The molecule has 0 radical (unpaired) electrons. The number of anilines is 1. The molecule has 0 bridgehead atoms. The highest BCUT2D eigenvalue weighted by atomic mass is 127. The van der Waals surface area contributed by atoms with Crippen LogP contribution in [0.4, 0.5) is 11.4 Å². The lowest BCUT2D eigenvalue weighted by Crippen LogP contribution is -2.22. The maximum Gasteiger partial charge on any atom is 0.270 e. The van der Waals surface area contributed by atoms with E-state index < -0.39 is 0 Å². The van der Waals surface area contributed by atoms with Gasteiger partial charge in [-0.3, -0.25) is 10.1 Å². The number of nitrogens with zero attached hydrogens (tertiary/aromatic N) is 1. The summed E-state index contributed by atoms with van der Waals surface area (Å²) >= 11 is 2.15. The SMILES string of the molecule is O=[N+]([O-])c1ccc(NC2CCCCC2)c(I)c1. The molecule has 0 atom stereocenters. The number of nitro groups is 1. The van der Waals surface area contributed by atoms with E-state index in [0.717, 1.165) is 9.26 Å². The number of rotatable bonds is 3. The van der Waals surface area contributed by atoms with Crippen LogP contribution in [0.5, 0.6) is 0 Å². The molecule has 1 saturated carbocycles. The Morgan fingerprint density at radius 3 is 2.59 bits per heavy atom. The van der Waals surface area contributed by atoms with Crippen molar-refractivity contribution in [1.82, 2.24) is 0 Å². The fourth-order valence-corrected chi connectivity index (χ4v) is 2.86. The molecule has 5 heteroatoms. The Hall–Kier alpha value is -0.850. The van der Waals surface area contributed by atoms with E-state index in [1.54, 1.807) is 12.1 Å². The van der Waals surface area contributed by atoms with Crippen LogP contribution in [0.3, 0.4) is 0 Å². The van der Waals surface area contributed by atoms with Crippen LogP contribution in [0.2, 0.25) is 0 Å². The minimum absolute atomic E-state index is 0.156. The summed E-state index contributed by atoms with van der Waals surface area (Å²) in [6, 6.07) is 5.52. The first-order valence-electron chi connectivity index (χ1n) is 5.87. The van der Waals surface area contributed by atoms with E-state index in [4.69, 9.17) is 0 Å². The molecule has 1 aliphatic rings. The summed E-state index contributed by atoms with van der Waals surface area (Å²) in [7, 11) is 0. The first-order chi connectivity index (χ1) is 8.16. The quantitative estimate of drug-likeness (QED) is 0.512.